The van der Waals surface area contributed by atoms with Gasteiger partial charge in [-0.15, -0.1) is 4.68 Å². The molecule has 0 aliphatic heterocycles. The van der Waals surface area contributed by atoms with E-state index in [0.717, 1.165) is 6.07 Å². The molecule has 0 N–H and O–H groups in total. The molecule has 1 aromatic heterocycles. The molecule has 1 amide bonds. The Hall–Kier alpha value is -3.59. The summed E-state index contributed by atoms with van der Waals surface area (Å²) in [5, 5.41) is 7.51. The molecule has 0 saturated heterocycles. The number of amides is 1. The molecule has 36 heavy (non-hydrogen) atoms. The van der Waals surface area contributed by atoms with E-state index in [9.17, 15) is 18.8 Å². The van der Waals surface area contributed by atoms with Crippen molar-refractivity contribution in [3.05, 3.63) is 64.8 Å². The van der Waals surface area contributed by atoms with E-state index in [0.29, 0.717) is 40.7 Å². The van der Waals surface area contributed by atoms with Crippen LogP contribution in [0.5, 0.6) is 5.75 Å². The SMILES string of the molecule is COc1cccc(F)c1-n1nnn(C(=O)N(c2ccccc2)C2CCC(C(=O)OP(C)C)CC2)c1=O. The van der Waals surface area contributed by atoms with Crippen LogP contribution in [0, 0.1) is 11.7 Å². The first kappa shape index (κ1) is 25.5. The lowest BCUT2D eigenvalue weighted by Gasteiger charge is -2.35. The van der Waals surface area contributed by atoms with Gasteiger partial charge in [-0.2, -0.15) is 4.68 Å². The molecular weight excluding hydrogens is 488 g/mol. The topological polar surface area (TPSA) is 109 Å². The van der Waals surface area contributed by atoms with E-state index in [2.05, 4.69) is 10.4 Å². The zero-order valence-electron chi connectivity index (χ0n) is 20.2. The van der Waals surface area contributed by atoms with Gasteiger partial charge in [0.1, 0.15) is 11.4 Å². The highest BCUT2D eigenvalue weighted by Crippen LogP contribution is 2.35. The van der Waals surface area contributed by atoms with Gasteiger partial charge in [-0.1, -0.05) is 24.3 Å². The number of carbonyl (C=O) groups excluding carboxylic acids is 2. The molecule has 0 unspecified atom stereocenters. The van der Waals surface area contributed by atoms with Crippen molar-refractivity contribution in [2.24, 2.45) is 5.92 Å². The van der Waals surface area contributed by atoms with Crippen molar-refractivity contribution in [2.45, 2.75) is 31.7 Å². The van der Waals surface area contributed by atoms with E-state index >= 15 is 0 Å². The highest BCUT2D eigenvalue weighted by molar-refractivity contribution is 7.51. The molecule has 1 saturated carbocycles. The summed E-state index contributed by atoms with van der Waals surface area (Å²) in [5.74, 6) is -1.11. The number of rotatable bonds is 6. The molecule has 0 spiro atoms. The summed E-state index contributed by atoms with van der Waals surface area (Å²) in [4.78, 5) is 40.7. The number of methoxy groups -OCH3 is 1. The van der Waals surface area contributed by atoms with Gasteiger partial charge < -0.3 is 9.26 Å². The summed E-state index contributed by atoms with van der Waals surface area (Å²) in [5.41, 5.74) is -0.592. The number of anilines is 1. The number of tetrazole rings is 1. The summed E-state index contributed by atoms with van der Waals surface area (Å²) in [7, 11) is 0.541. The second-order valence-corrected chi connectivity index (χ2v) is 10.4. The summed E-state index contributed by atoms with van der Waals surface area (Å²) in [6, 6.07) is 12.0. The van der Waals surface area contributed by atoms with Crippen LogP contribution in [0.4, 0.5) is 14.9 Å². The predicted molar refractivity (Wildman–Crippen MR) is 132 cm³/mol. The van der Waals surface area contributed by atoms with Crippen LogP contribution in [0.1, 0.15) is 25.7 Å². The minimum absolute atomic E-state index is 0.0737. The molecule has 0 bridgehead atoms. The molecule has 3 aromatic rings. The Balaban J connectivity index is 1.64. The Morgan fingerprint density at radius 2 is 1.72 bits per heavy atom. The van der Waals surface area contributed by atoms with Crippen LogP contribution in [-0.2, 0) is 9.32 Å². The lowest BCUT2D eigenvalue weighted by molar-refractivity contribution is -0.139. The molecule has 12 heteroatoms. The highest BCUT2D eigenvalue weighted by Gasteiger charge is 2.35. The summed E-state index contributed by atoms with van der Waals surface area (Å²) < 4.78 is 26.5. The van der Waals surface area contributed by atoms with Gasteiger partial charge in [-0.3, -0.25) is 9.69 Å². The van der Waals surface area contributed by atoms with Crippen LogP contribution >= 0.6 is 8.15 Å². The fourth-order valence-electron chi connectivity index (χ4n) is 4.36. The molecule has 4 rings (SSSR count). The number of carbonyl (C=O) groups is 2. The number of nitrogens with zero attached hydrogens (tertiary/aromatic N) is 5. The Kier molecular flexibility index (Phi) is 7.79. The number of halogens is 1. The van der Waals surface area contributed by atoms with Crippen LogP contribution in [-0.4, -0.2) is 58.3 Å². The van der Waals surface area contributed by atoms with Gasteiger partial charge in [-0.25, -0.2) is 14.0 Å². The van der Waals surface area contributed by atoms with Crippen LogP contribution < -0.4 is 15.3 Å². The number of ether oxygens (including phenoxy) is 1. The average Bonchev–Trinajstić information content (AvgIpc) is 3.25. The number of hydrogen-bond acceptors (Lipinski definition) is 7. The number of hydrogen-bond donors (Lipinski definition) is 0. The quantitative estimate of drug-likeness (QED) is 0.363. The smallest absolute Gasteiger partial charge is 0.377 e. The molecule has 190 valence electrons. The van der Waals surface area contributed by atoms with E-state index < -0.39 is 25.7 Å². The third kappa shape index (κ3) is 5.16. The third-order valence-electron chi connectivity index (χ3n) is 6.05. The second kappa shape index (κ2) is 11.0. The van der Waals surface area contributed by atoms with E-state index in [1.807, 2.05) is 19.4 Å². The van der Waals surface area contributed by atoms with Crippen molar-refractivity contribution in [1.29, 1.82) is 0 Å². The van der Waals surface area contributed by atoms with E-state index in [4.69, 9.17) is 9.26 Å². The van der Waals surface area contributed by atoms with Crippen molar-refractivity contribution in [3.8, 4) is 11.4 Å². The monoisotopic (exact) mass is 515 g/mol. The maximum Gasteiger partial charge on any atom is 0.377 e. The Morgan fingerprint density at radius 1 is 1.03 bits per heavy atom. The van der Waals surface area contributed by atoms with Crippen molar-refractivity contribution in [2.75, 3.05) is 25.3 Å². The second-order valence-electron chi connectivity index (χ2n) is 8.59. The van der Waals surface area contributed by atoms with Crippen LogP contribution in [0.3, 0.4) is 0 Å². The number of aromatic nitrogens is 4. The number of para-hydroxylation sites is 2. The van der Waals surface area contributed by atoms with Crippen LogP contribution in [0.15, 0.2) is 53.3 Å². The largest absolute Gasteiger partial charge is 0.494 e. The van der Waals surface area contributed by atoms with E-state index in [-0.39, 0.29) is 29.4 Å². The summed E-state index contributed by atoms with van der Waals surface area (Å²) >= 11 is 0. The standard InChI is InChI=1S/C24H27FN5O5P/c1-34-20-11-7-10-19(25)21(20)29-24(33)30(27-26-29)23(32)28(17-8-5-4-6-9-17)18-14-12-16(13-15-18)22(31)35-36(2)3/h4-11,16,18H,12-15H2,1-3H3. The first-order valence-electron chi connectivity index (χ1n) is 11.5. The Morgan fingerprint density at radius 3 is 2.36 bits per heavy atom. The molecule has 1 aliphatic rings. The lowest BCUT2D eigenvalue weighted by atomic mass is 9.85. The fourth-order valence-corrected chi connectivity index (χ4v) is 4.87. The van der Waals surface area contributed by atoms with E-state index in [1.54, 1.807) is 24.3 Å². The summed E-state index contributed by atoms with van der Waals surface area (Å²) in [6.45, 7) is 3.74. The van der Waals surface area contributed by atoms with Gasteiger partial charge in [0.05, 0.1) is 21.2 Å². The summed E-state index contributed by atoms with van der Waals surface area (Å²) in [6.07, 6.45) is 2.18. The van der Waals surface area contributed by atoms with Crippen molar-refractivity contribution in [1.82, 2.24) is 19.8 Å². The molecule has 2 aromatic carbocycles. The maximum atomic E-state index is 14.6. The van der Waals surface area contributed by atoms with Crippen molar-refractivity contribution >= 4 is 25.8 Å². The Bertz CT molecular complexity index is 1290. The normalized spacial score (nSPS) is 17.6. The molecule has 1 fully saturated rings. The lowest BCUT2D eigenvalue weighted by Crippen LogP contribution is -2.48. The minimum Gasteiger partial charge on any atom is -0.494 e. The zero-order chi connectivity index (χ0) is 25.8. The van der Waals surface area contributed by atoms with Crippen LogP contribution in [0.25, 0.3) is 5.69 Å². The average molecular weight is 515 g/mol. The van der Waals surface area contributed by atoms with Gasteiger partial charge in [0.15, 0.2) is 5.82 Å². The molecule has 0 radical (unpaired) electrons. The van der Waals surface area contributed by atoms with Gasteiger partial charge in [-0.05, 0) is 73.7 Å². The molecular formula is C24H27FN5O5P. The minimum atomic E-state index is -0.930. The van der Waals surface area contributed by atoms with E-state index in [1.165, 1.54) is 24.1 Å². The van der Waals surface area contributed by atoms with Crippen molar-refractivity contribution in [3.63, 3.8) is 0 Å². The maximum absolute atomic E-state index is 14.6. The highest BCUT2D eigenvalue weighted by atomic mass is 31.1. The van der Waals surface area contributed by atoms with Crippen molar-refractivity contribution < 1.29 is 23.2 Å². The number of benzene rings is 2. The molecule has 1 heterocycles. The van der Waals surface area contributed by atoms with Crippen LogP contribution in [0.2, 0.25) is 0 Å². The Labute approximate surface area is 208 Å². The fraction of sp³-hybridized carbons (Fsp3) is 0.375. The zero-order valence-corrected chi connectivity index (χ0v) is 21.1. The third-order valence-corrected chi connectivity index (χ3v) is 6.60. The van der Waals surface area contributed by atoms with Gasteiger partial charge in [0.2, 0.25) is 0 Å². The first-order valence-corrected chi connectivity index (χ1v) is 13.6. The molecule has 0 atom stereocenters. The first-order chi connectivity index (χ1) is 17.3. The van der Waals surface area contributed by atoms with Gasteiger partial charge >= 0.3 is 17.7 Å². The molecule has 10 nitrogen and oxygen atoms in total. The van der Waals surface area contributed by atoms with Gasteiger partial charge in [0.25, 0.3) is 0 Å². The van der Waals surface area contributed by atoms with Gasteiger partial charge in [0, 0.05) is 11.7 Å². The molecule has 1 aliphatic carbocycles. The predicted octanol–water partition coefficient (Wildman–Crippen LogP) is 3.81.